The van der Waals surface area contributed by atoms with E-state index in [0.717, 1.165) is 34.5 Å². The number of nitrogens with one attached hydrogen (secondary N) is 2. The molecule has 0 radical (unpaired) electrons. The van der Waals surface area contributed by atoms with Gasteiger partial charge in [-0.2, -0.15) is 0 Å². The molecule has 0 aliphatic carbocycles. The van der Waals surface area contributed by atoms with Crippen molar-refractivity contribution in [3.8, 4) is 11.1 Å². The highest BCUT2D eigenvalue weighted by Gasteiger charge is 2.19. The van der Waals surface area contributed by atoms with Gasteiger partial charge < -0.3 is 10.6 Å². The van der Waals surface area contributed by atoms with Crippen LogP contribution in [0.2, 0.25) is 0 Å². The molecule has 156 valence electrons. The molecule has 1 atom stereocenters. The molecule has 0 bridgehead atoms. The second kappa shape index (κ2) is 10.6. The third-order valence-corrected chi connectivity index (χ3v) is 5.63. The van der Waals surface area contributed by atoms with Crippen LogP contribution < -0.4 is 10.6 Å². The fourth-order valence-electron chi connectivity index (χ4n) is 3.39. The lowest BCUT2D eigenvalue weighted by atomic mass is 10.0. The van der Waals surface area contributed by atoms with Crippen molar-refractivity contribution in [2.45, 2.75) is 18.9 Å². The van der Waals surface area contributed by atoms with Gasteiger partial charge in [0.1, 0.15) is 0 Å². The van der Waals surface area contributed by atoms with E-state index >= 15 is 0 Å². The summed E-state index contributed by atoms with van der Waals surface area (Å²) in [6, 6.07) is 21.5. The highest BCUT2D eigenvalue weighted by molar-refractivity contribution is 7.07. The summed E-state index contributed by atoms with van der Waals surface area (Å²) in [7, 11) is 0. The lowest BCUT2D eigenvalue weighted by Gasteiger charge is -2.19. The number of thiazole rings is 1. The summed E-state index contributed by atoms with van der Waals surface area (Å²) >= 11 is 1.59. The average molecular weight is 429 g/mol. The molecule has 1 amide bonds. The Morgan fingerprint density at radius 2 is 1.81 bits per heavy atom. The zero-order chi connectivity index (χ0) is 21.3. The van der Waals surface area contributed by atoms with E-state index < -0.39 is 0 Å². The van der Waals surface area contributed by atoms with Gasteiger partial charge in [-0.15, -0.1) is 11.3 Å². The second-order valence-electron chi connectivity index (χ2n) is 7.23. The molecule has 4 rings (SSSR count). The third-order valence-electron chi connectivity index (χ3n) is 5.00. The Balaban J connectivity index is 1.45. The summed E-state index contributed by atoms with van der Waals surface area (Å²) in [6.45, 7) is 0.686. The fourth-order valence-corrected chi connectivity index (χ4v) is 3.99. The largest absolute Gasteiger partial charge is 0.325 e. The SMILES string of the molecule is O=C(Nc1cccc(-c2ccncc2)c1)[C@H](Cc1ccccc1)NCCc1cscn1. The summed E-state index contributed by atoms with van der Waals surface area (Å²) < 4.78 is 0. The van der Waals surface area contributed by atoms with E-state index in [1.54, 1.807) is 23.7 Å². The van der Waals surface area contributed by atoms with Crippen molar-refractivity contribution in [2.75, 3.05) is 11.9 Å². The molecule has 0 aliphatic rings. The van der Waals surface area contributed by atoms with Crippen molar-refractivity contribution in [1.29, 1.82) is 0 Å². The number of amides is 1. The highest BCUT2D eigenvalue weighted by Crippen LogP contribution is 2.22. The Kier molecular flexibility index (Phi) is 7.16. The Bertz CT molecular complexity index is 1080. The number of carbonyl (C=O) groups excluding carboxylic acids is 1. The molecule has 0 unspecified atom stereocenters. The van der Waals surface area contributed by atoms with Gasteiger partial charge in [-0.3, -0.25) is 9.78 Å². The maximum atomic E-state index is 13.2. The molecular weight excluding hydrogens is 404 g/mol. The van der Waals surface area contributed by atoms with Gasteiger partial charge in [0.15, 0.2) is 0 Å². The van der Waals surface area contributed by atoms with Crippen LogP contribution in [0.5, 0.6) is 0 Å². The Morgan fingerprint density at radius 1 is 0.968 bits per heavy atom. The summed E-state index contributed by atoms with van der Waals surface area (Å²) in [6.07, 6.45) is 4.94. The van der Waals surface area contributed by atoms with Gasteiger partial charge in [-0.1, -0.05) is 42.5 Å². The minimum atomic E-state index is -0.342. The van der Waals surface area contributed by atoms with Crippen LogP contribution >= 0.6 is 11.3 Å². The molecule has 31 heavy (non-hydrogen) atoms. The van der Waals surface area contributed by atoms with E-state index in [1.165, 1.54) is 0 Å². The molecule has 2 N–H and O–H groups in total. The number of benzene rings is 2. The lowest BCUT2D eigenvalue weighted by molar-refractivity contribution is -0.118. The molecule has 0 aliphatic heterocycles. The first-order valence-electron chi connectivity index (χ1n) is 10.2. The monoisotopic (exact) mass is 428 g/mol. The third kappa shape index (κ3) is 6.07. The smallest absolute Gasteiger partial charge is 0.241 e. The van der Waals surface area contributed by atoms with E-state index in [9.17, 15) is 4.79 Å². The molecule has 2 heterocycles. The maximum absolute atomic E-state index is 13.2. The molecule has 0 fully saturated rings. The van der Waals surface area contributed by atoms with E-state index in [4.69, 9.17) is 0 Å². The van der Waals surface area contributed by atoms with Gasteiger partial charge >= 0.3 is 0 Å². The number of rotatable bonds is 9. The lowest BCUT2D eigenvalue weighted by Crippen LogP contribution is -2.43. The van der Waals surface area contributed by atoms with E-state index in [2.05, 4.69) is 20.6 Å². The van der Waals surface area contributed by atoms with Crippen molar-refractivity contribution in [2.24, 2.45) is 0 Å². The summed E-state index contributed by atoms with van der Waals surface area (Å²) in [5.74, 6) is -0.0472. The number of carbonyl (C=O) groups is 1. The van der Waals surface area contributed by atoms with Crippen molar-refractivity contribution in [1.82, 2.24) is 15.3 Å². The average Bonchev–Trinajstić information content (AvgIpc) is 3.33. The number of hydrogen-bond donors (Lipinski definition) is 2. The standard InChI is InChI=1S/C25H24N4OS/c30-25(29-22-8-4-7-21(16-22)20-9-12-26-13-10-20)24(15-19-5-2-1-3-6-19)27-14-11-23-17-31-18-28-23/h1-10,12-13,16-18,24,27H,11,14-15H2,(H,29,30)/t24-/m0/s1. The van der Waals surface area contributed by atoms with Gasteiger partial charge in [0.05, 0.1) is 17.2 Å². The predicted octanol–water partition coefficient (Wildman–Crippen LogP) is 4.59. The molecule has 2 aromatic heterocycles. The summed E-state index contributed by atoms with van der Waals surface area (Å²) in [4.78, 5) is 21.6. The van der Waals surface area contributed by atoms with Crippen LogP contribution in [0, 0.1) is 0 Å². The minimum absolute atomic E-state index is 0.0472. The quantitative estimate of drug-likeness (QED) is 0.409. The molecular formula is C25H24N4OS. The zero-order valence-electron chi connectivity index (χ0n) is 17.1. The zero-order valence-corrected chi connectivity index (χ0v) is 17.9. The molecule has 0 spiro atoms. The number of anilines is 1. The first-order valence-corrected chi connectivity index (χ1v) is 11.2. The van der Waals surface area contributed by atoms with E-state index in [1.807, 2.05) is 77.6 Å². The van der Waals surface area contributed by atoms with Crippen molar-refractivity contribution in [3.05, 3.63) is 101 Å². The van der Waals surface area contributed by atoms with E-state index in [-0.39, 0.29) is 11.9 Å². The number of aromatic nitrogens is 2. The van der Waals surface area contributed by atoms with Gasteiger partial charge in [-0.25, -0.2) is 4.98 Å². The summed E-state index contributed by atoms with van der Waals surface area (Å²) in [5.41, 5.74) is 6.87. The van der Waals surface area contributed by atoms with E-state index in [0.29, 0.717) is 13.0 Å². The maximum Gasteiger partial charge on any atom is 0.241 e. The molecule has 0 saturated carbocycles. The molecule has 2 aromatic carbocycles. The van der Waals surface area contributed by atoms with Crippen LogP contribution in [0.15, 0.2) is 90.0 Å². The minimum Gasteiger partial charge on any atom is -0.325 e. The van der Waals surface area contributed by atoms with Crippen molar-refractivity contribution in [3.63, 3.8) is 0 Å². The van der Waals surface area contributed by atoms with Crippen LogP contribution in [0.3, 0.4) is 0 Å². The Hall–Kier alpha value is -3.35. The molecule has 6 heteroatoms. The van der Waals surface area contributed by atoms with Crippen LogP contribution in [0.1, 0.15) is 11.3 Å². The number of nitrogens with zero attached hydrogens (tertiary/aromatic N) is 2. The van der Waals surface area contributed by atoms with Gasteiger partial charge in [0, 0.05) is 36.4 Å². The Morgan fingerprint density at radius 3 is 2.58 bits per heavy atom. The van der Waals surface area contributed by atoms with Crippen LogP contribution in [0.4, 0.5) is 5.69 Å². The molecule has 4 aromatic rings. The number of pyridine rings is 1. The highest BCUT2D eigenvalue weighted by atomic mass is 32.1. The first kappa shape index (κ1) is 20.9. The normalized spacial score (nSPS) is 11.7. The van der Waals surface area contributed by atoms with Crippen molar-refractivity contribution < 1.29 is 4.79 Å². The van der Waals surface area contributed by atoms with Gasteiger partial charge in [0.2, 0.25) is 5.91 Å². The second-order valence-corrected chi connectivity index (χ2v) is 7.95. The summed E-state index contributed by atoms with van der Waals surface area (Å²) in [5, 5.41) is 8.54. The molecule has 0 saturated heterocycles. The topological polar surface area (TPSA) is 66.9 Å². The van der Waals surface area contributed by atoms with Crippen LogP contribution in [-0.4, -0.2) is 28.5 Å². The molecule has 5 nitrogen and oxygen atoms in total. The van der Waals surface area contributed by atoms with Crippen molar-refractivity contribution >= 4 is 22.9 Å². The van der Waals surface area contributed by atoms with Crippen LogP contribution in [-0.2, 0) is 17.6 Å². The van der Waals surface area contributed by atoms with Gasteiger partial charge in [0.25, 0.3) is 0 Å². The van der Waals surface area contributed by atoms with Crippen LogP contribution in [0.25, 0.3) is 11.1 Å². The fraction of sp³-hybridized carbons (Fsp3) is 0.160. The number of hydrogen-bond acceptors (Lipinski definition) is 5. The predicted molar refractivity (Wildman–Crippen MR) is 126 cm³/mol. The van der Waals surface area contributed by atoms with Gasteiger partial charge in [-0.05, 0) is 47.4 Å². The Labute approximate surface area is 186 Å². The first-order chi connectivity index (χ1) is 15.3.